The van der Waals surface area contributed by atoms with Crippen molar-refractivity contribution in [1.29, 1.82) is 0 Å². The molecule has 7 heteroatoms. The van der Waals surface area contributed by atoms with Gasteiger partial charge in [0.05, 0.1) is 0 Å². The first-order valence-corrected chi connectivity index (χ1v) is 3.95. The van der Waals surface area contributed by atoms with Gasteiger partial charge in [0.15, 0.2) is 10.7 Å². The summed E-state index contributed by atoms with van der Waals surface area (Å²) in [5.74, 6) is -2.41. The Morgan fingerprint density at radius 2 is 1.42 bits per heavy atom. The van der Waals surface area contributed by atoms with Crippen LogP contribution in [-0.2, 0) is 9.59 Å². The molecule has 0 aliphatic heterocycles. The molecule has 0 aromatic heterocycles. The van der Waals surface area contributed by atoms with Crippen molar-refractivity contribution < 1.29 is 19.8 Å². The summed E-state index contributed by atoms with van der Waals surface area (Å²) in [4.78, 5) is 21.7. The minimum atomic E-state index is -1.21. The molecule has 12 heavy (non-hydrogen) atoms. The van der Waals surface area contributed by atoms with Crippen LogP contribution >= 0.6 is 25.3 Å². The van der Waals surface area contributed by atoms with Crippen LogP contribution in [0.5, 0.6) is 0 Å². The van der Waals surface area contributed by atoms with Gasteiger partial charge in [0.1, 0.15) is 0 Å². The molecule has 0 aromatic carbocycles. The molecule has 0 amide bonds. The Kier molecular flexibility index (Phi) is 4.43. The molecule has 2 atom stereocenters. The van der Waals surface area contributed by atoms with Crippen molar-refractivity contribution in [3.05, 3.63) is 0 Å². The lowest BCUT2D eigenvalue weighted by Gasteiger charge is -2.23. The number of hydrogen-bond acceptors (Lipinski definition) is 5. The van der Waals surface area contributed by atoms with Crippen LogP contribution in [0.2, 0.25) is 0 Å². The van der Waals surface area contributed by atoms with Crippen molar-refractivity contribution in [3.63, 3.8) is 0 Å². The van der Waals surface area contributed by atoms with Crippen LogP contribution < -0.4 is 0 Å². The molecule has 0 spiro atoms. The quantitative estimate of drug-likeness (QED) is 0.376. The first kappa shape index (κ1) is 11.6. The summed E-state index contributed by atoms with van der Waals surface area (Å²) >= 11 is 7.34. The second kappa shape index (κ2) is 4.58. The molecular weight excluding hydrogens is 202 g/mol. The highest BCUT2D eigenvalue weighted by Crippen LogP contribution is 2.09. The Hall–Kier alpha value is -0.400. The van der Waals surface area contributed by atoms with E-state index in [0.29, 0.717) is 0 Å². The Labute approximate surface area is 80.2 Å². The number of rotatable bonds is 4. The number of likely N-dealkylation sites (N-methyl/N-ethyl adjacent to an activating group) is 1. The van der Waals surface area contributed by atoms with Gasteiger partial charge in [-0.2, -0.15) is 0 Å². The van der Waals surface area contributed by atoms with Gasteiger partial charge in [-0.3, -0.25) is 4.90 Å². The first-order chi connectivity index (χ1) is 5.37. The van der Waals surface area contributed by atoms with Crippen molar-refractivity contribution in [2.45, 2.75) is 10.7 Å². The van der Waals surface area contributed by atoms with Crippen LogP contribution in [0.15, 0.2) is 0 Å². The second-order valence-corrected chi connectivity index (χ2v) is 3.07. The molecule has 0 saturated carbocycles. The standard InChI is InChI=1S/C5H9NO4S2/c1-6(2(11)4(7)8)3(12)5(9)10/h2-3,11-12H,1H3,(H,7,8)(H,9,10)/t2-,3-/m1/s1. The van der Waals surface area contributed by atoms with Gasteiger partial charge in [0, 0.05) is 0 Å². The molecule has 0 fully saturated rings. The molecule has 0 bridgehead atoms. The monoisotopic (exact) mass is 211 g/mol. The van der Waals surface area contributed by atoms with E-state index < -0.39 is 22.7 Å². The molecule has 0 aliphatic carbocycles. The van der Waals surface area contributed by atoms with E-state index in [2.05, 4.69) is 25.3 Å². The van der Waals surface area contributed by atoms with E-state index in [4.69, 9.17) is 10.2 Å². The lowest BCUT2D eigenvalue weighted by Crippen LogP contribution is -2.42. The van der Waals surface area contributed by atoms with Crippen LogP contribution in [0.25, 0.3) is 0 Å². The van der Waals surface area contributed by atoms with Crippen molar-refractivity contribution >= 4 is 37.2 Å². The molecule has 5 nitrogen and oxygen atoms in total. The Bertz CT molecular complexity index is 178. The van der Waals surface area contributed by atoms with Gasteiger partial charge in [-0.25, -0.2) is 9.59 Å². The van der Waals surface area contributed by atoms with Gasteiger partial charge in [0.25, 0.3) is 0 Å². The van der Waals surface area contributed by atoms with E-state index in [0.717, 1.165) is 4.90 Å². The highest BCUT2D eigenvalue weighted by Gasteiger charge is 2.27. The van der Waals surface area contributed by atoms with E-state index in [9.17, 15) is 9.59 Å². The predicted octanol–water partition coefficient (Wildman–Crippen LogP) is -0.401. The SMILES string of the molecule is CN([C@H](S)C(=O)O)[C@H](S)C(=O)O. The third-order valence-electron chi connectivity index (χ3n) is 1.21. The molecule has 0 heterocycles. The summed E-state index contributed by atoms with van der Waals surface area (Å²) in [5.41, 5.74) is 0. The van der Waals surface area contributed by atoms with Crippen LogP contribution in [0.3, 0.4) is 0 Å². The van der Waals surface area contributed by atoms with E-state index in [-0.39, 0.29) is 0 Å². The molecule has 0 aliphatic rings. The highest BCUT2D eigenvalue weighted by atomic mass is 32.1. The third kappa shape index (κ3) is 2.92. The highest BCUT2D eigenvalue weighted by molar-refractivity contribution is 7.82. The third-order valence-corrected chi connectivity index (χ3v) is 2.38. The van der Waals surface area contributed by atoms with E-state index >= 15 is 0 Å². The molecule has 2 N–H and O–H groups in total. The zero-order valence-corrected chi connectivity index (χ0v) is 8.00. The number of nitrogens with zero attached hydrogens (tertiary/aromatic N) is 1. The largest absolute Gasteiger partial charge is 0.479 e. The van der Waals surface area contributed by atoms with Gasteiger partial charge in [-0.15, -0.1) is 25.3 Å². The number of carboxylic acid groups (broad SMARTS) is 2. The van der Waals surface area contributed by atoms with Crippen molar-refractivity contribution in [2.24, 2.45) is 0 Å². The van der Waals surface area contributed by atoms with E-state index in [1.54, 1.807) is 0 Å². The van der Waals surface area contributed by atoms with E-state index in [1.165, 1.54) is 7.05 Å². The van der Waals surface area contributed by atoms with Crippen molar-refractivity contribution in [2.75, 3.05) is 7.05 Å². The maximum atomic E-state index is 10.3. The number of hydrogen-bond donors (Lipinski definition) is 4. The lowest BCUT2D eigenvalue weighted by molar-refractivity contribution is -0.143. The summed E-state index contributed by atoms with van der Waals surface area (Å²) in [7, 11) is 1.32. The normalized spacial score (nSPS) is 15.7. The smallest absolute Gasteiger partial charge is 0.331 e. The Balaban J connectivity index is 4.28. The summed E-state index contributed by atoms with van der Waals surface area (Å²) in [6.07, 6.45) is 0. The van der Waals surface area contributed by atoms with E-state index in [1.807, 2.05) is 0 Å². The van der Waals surface area contributed by atoms with Gasteiger partial charge >= 0.3 is 11.9 Å². The van der Waals surface area contributed by atoms with Crippen LogP contribution in [0.1, 0.15) is 0 Å². The van der Waals surface area contributed by atoms with Gasteiger partial charge < -0.3 is 10.2 Å². The number of aliphatic carboxylic acids is 2. The maximum absolute atomic E-state index is 10.3. The fourth-order valence-corrected chi connectivity index (χ4v) is 0.854. The minimum Gasteiger partial charge on any atom is -0.479 e. The van der Waals surface area contributed by atoms with Crippen LogP contribution in [-0.4, -0.2) is 44.8 Å². The fourth-order valence-electron chi connectivity index (χ4n) is 0.482. The van der Waals surface area contributed by atoms with Crippen molar-refractivity contribution in [1.82, 2.24) is 4.90 Å². The maximum Gasteiger partial charge on any atom is 0.331 e. The van der Waals surface area contributed by atoms with Crippen LogP contribution in [0, 0.1) is 0 Å². The average Bonchev–Trinajstić information content (AvgIpc) is 2.00. The Morgan fingerprint density at radius 1 is 1.17 bits per heavy atom. The molecule has 0 saturated heterocycles. The first-order valence-electron chi connectivity index (χ1n) is 2.91. The van der Waals surface area contributed by atoms with Crippen LogP contribution in [0.4, 0.5) is 0 Å². The molecule has 0 rings (SSSR count). The predicted molar refractivity (Wildman–Crippen MR) is 48.6 cm³/mol. The van der Waals surface area contributed by atoms with Gasteiger partial charge in [0.2, 0.25) is 0 Å². The summed E-state index contributed by atoms with van der Waals surface area (Å²) < 4.78 is 0. The summed E-state index contributed by atoms with van der Waals surface area (Å²) in [6, 6.07) is 0. The molecule has 0 aromatic rings. The summed E-state index contributed by atoms with van der Waals surface area (Å²) in [6.45, 7) is 0. The van der Waals surface area contributed by atoms with Gasteiger partial charge in [-0.05, 0) is 7.05 Å². The number of thiol groups is 2. The summed E-state index contributed by atoms with van der Waals surface area (Å²) in [5, 5.41) is 14.5. The molecular formula is C5H9NO4S2. The molecule has 0 unspecified atom stereocenters. The number of carboxylic acids is 2. The zero-order valence-electron chi connectivity index (χ0n) is 6.21. The number of carbonyl (C=O) groups is 2. The Morgan fingerprint density at radius 3 is 1.58 bits per heavy atom. The molecule has 70 valence electrons. The molecule has 0 radical (unpaired) electrons. The fraction of sp³-hybridized carbons (Fsp3) is 0.600. The topological polar surface area (TPSA) is 77.8 Å². The van der Waals surface area contributed by atoms with Crippen molar-refractivity contribution in [3.8, 4) is 0 Å². The second-order valence-electron chi connectivity index (χ2n) is 2.09. The average molecular weight is 211 g/mol. The lowest BCUT2D eigenvalue weighted by atomic mass is 10.5. The van der Waals surface area contributed by atoms with Gasteiger partial charge in [-0.1, -0.05) is 0 Å². The zero-order chi connectivity index (χ0) is 9.89. The minimum absolute atomic E-state index is 1.01.